The van der Waals surface area contributed by atoms with E-state index in [0.717, 1.165) is 6.61 Å². The Hall–Kier alpha value is -0.380. The van der Waals surface area contributed by atoms with Crippen LogP contribution in [-0.2, 0) is 4.74 Å². The lowest BCUT2D eigenvalue weighted by Crippen LogP contribution is -2.32. The van der Waals surface area contributed by atoms with Crippen molar-refractivity contribution in [2.45, 2.75) is 32.9 Å². The van der Waals surface area contributed by atoms with E-state index < -0.39 is 0 Å². The Balaban J connectivity index is 2.45. The third-order valence-corrected chi connectivity index (χ3v) is 3.32. The Morgan fingerprint density at radius 3 is 2.64 bits per heavy atom. The lowest BCUT2D eigenvalue weighted by Gasteiger charge is -2.18. The zero-order valence-electron chi connectivity index (χ0n) is 9.33. The molecule has 0 aliphatic carbocycles. The van der Waals surface area contributed by atoms with Gasteiger partial charge in [0.05, 0.1) is 6.61 Å². The number of ether oxygens (including phenoxy) is 1. The molecular weight excluding hydrogens is 194 g/mol. The number of thiophene rings is 1. The highest BCUT2D eigenvalue weighted by Gasteiger charge is 2.10. The lowest BCUT2D eigenvalue weighted by atomic mass is 10.2. The molecule has 0 saturated heterocycles. The Kier molecular flexibility index (Phi) is 4.58. The highest BCUT2D eigenvalue weighted by molar-refractivity contribution is 7.12. The number of hydrogen-bond donors (Lipinski definition) is 1. The summed E-state index contributed by atoms with van der Waals surface area (Å²) in [5.74, 6) is 0. The maximum absolute atomic E-state index is 5.09. The molecule has 0 aliphatic rings. The Morgan fingerprint density at radius 2 is 2.14 bits per heavy atom. The lowest BCUT2D eigenvalue weighted by molar-refractivity contribution is 0.168. The van der Waals surface area contributed by atoms with Crippen molar-refractivity contribution >= 4 is 11.3 Å². The minimum absolute atomic E-state index is 0.400. The second-order valence-corrected chi connectivity index (χ2v) is 5.01. The van der Waals surface area contributed by atoms with Crippen LogP contribution >= 0.6 is 11.3 Å². The van der Waals surface area contributed by atoms with Crippen LogP contribution in [0.4, 0.5) is 0 Å². The fourth-order valence-corrected chi connectivity index (χ4v) is 2.38. The van der Waals surface area contributed by atoms with Crippen molar-refractivity contribution in [3.05, 3.63) is 21.9 Å². The molecule has 0 aliphatic heterocycles. The van der Waals surface area contributed by atoms with E-state index in [-0.39, 0.29) is 0 Å². The molecule has 2 nitrogen and oxygen atoms in total. The van der Waals surface area contributed by atoms with Crippen molar-refractivity contribution < 1.29 is 4.74 Å². The highest BCUT2D eigenvalue weighted by atomic mass is 32.1. The summed E-state index contributed by atoms with van der Waals surface area (Å²) >= 11 is 1.85. The molecule has 1 N–H and O–H groups in total. The fraction of sp³-hybridized carbons (Fsp3) is 0.636. The molecule has 0 amide bonds. The molecule has 1 aromatic rings. The number of nitrogens with one attached hydrogen (secondary N) is 1. The van der Waals surface area contributed by atoms with Crippen LogP contribution in [0.15, 0.2) is 12.1 Å². The Bertz CT molecular complexity index is 272. The van der Waals surface area contributed by atoms with Gasteiger partial charge in [0, 0.05) is 28.9 Å². The fourth-order valence-electron chi connectivity index (χ4n) is 1.49. The normalized spacial score (nSPS) is 15.4. The van der Waals surface area contributed by atoms with Gasteiger partial charge >= 0.3 is 0 Å². The summed E-state index contributed by atoms with van der Waals surface area (Å²) in [6.45, 7) is 7.23. The van der Waals surface area contributed by atoms with E-state index in [1.165, 1.54) is 9.75 Å². The van der Waals surface area contributed by atoms with Gasteiger partial charge in [0.1, 0.15) is 0 Å². The van der Waals surface area contributed by atoms with Crippen molar-refractivity contribution in [2.24, 2.45) is 0 Å². The average molecular weight is 213 g/mol. The molecule has 14 heavy (non-hydrogen) atoms. The van der Waals surface area contributed by atoms with Gasteiger partial charge in [-0.15, -0.1) is 11.3 Å². The highest BCUT2D eigenvalue weighted by Crippen LogP contribution is 2.22. The van der Waals surface area contributed by atoms with Gasteiger partial charge in [0.2, 0.25) is 0 Å². The van der Waals surface area contributed by atoms with Crippen LogP contribution in [0.25, 0.3) is 0 Å². The van der Waals surface area contributed by atoms with Crippen molar-refractivity contribution in [1.82, 2.24) is 5.32 Å². The standard InChI is InChI=1S/C11H19NOS/c1-8(7-13-4)12-10(3)11-6-5-9(2)14-11/h5-6,8,10,12H,7H2,1-4H3/t8-,10+/m1/s1. The van der Waals surface area contributed by atoms with E-state index in [9.17, 15) is 0 Å². The molecule has 0 radical (unpaired) electrons. The second kappa shape index (κ2) is 5.49. The zero-order valence-corrected chi connectivity index (χ0v) is 10.1. The first kappa shape index (κ1) is 11.7. The van der Waals surface area contributed by atoms with Crippen LogP contribution in [0.1, 0.15) is 29.6 Å². The van der Waals surface area contributed by atoms with Crippen LogP contribution in [0.2, 0.25) is 0 Å². The molecule has 0 aromatic carbocycles. The van der Waals surface area contributed by atoms with Gasteiger partial charge in [-0.3, -0.25) is 0 Å². The molecular formula is C11H19NOS. The first-order chi connectivity index (χ1) is 6.63. The summed E-state index contributed by atoms with van der Waals surface area (Å²) in [6.07, 6.45) is 0. The molecule has 0 bridgehead atoms. The SMILES string of the molecule is COC[C@@H](C)N[C@@H](C)c1ccc(C)s1. The average Bonchev–Trinajstić information content (AvgIpc) is 2.52. The topological polar surface area (TPSA) is 21.3 Å². The molecule has 0 saturated carbocycles. The van der Waals surface area contributed by atoms with Crippen molar-refractivity contribution in [1.29, 1.82) is 0 Å². The zero-order chi connectivity index (χ0) is 10.6. The molecule has 0 unspecified atom stereocenters. The summed E-state index contributed by atoms with van der Waals surface area (Å²) in [5.41, 5.74) is 0. The van der Waals surface area contributed by atoms with Gasteiger partial charge in [-0.25, -0.2) is 0 Å². The van der Waals surface area contributed by atoms with E-state index in [1.54, 1.807) is 7.11 Å². The van der Waals surface area contributed by atoms with E-state index in [2.05, 4.69) is 38.2 Å². The van der Waals surface area contributed by atoms with Crippen molar-refractivity contribution in [3.8, 4) is 0 Å². The van der Waals surface area contributed by atoms with Crippen molar-refractivity contribution in [2.75, 3.05) is 13.7 Å². The summed E-state index contributed by atoms with van der Waals surface area (Å²) < 4.78 is 5.09. The molecule has 0 fully saturated rings. The summed E-state index contributed by atoms with van der Waals surface area (Å²) in [6, 6.07) is 5.17. The molecule has 1 rings (SSSR count). The Morgan fingerprint density at radius 1 is 1.43 bits per heavy atom. The molecule has 80 valence electrons. The van der Waals surface area contributed by atoms with E-state index in [1.807, 2.05) is 11.3 Å². The van der Waals surface area contributed by atoms with Gasteiger partial charge < -0.3 is 10.1 Å². The largest absolute Gasteiger partial charge is 0.383 e. The summed E-state index contributed by atoms with van der Waals surface area (Å²) in [7, 11) is 1.73. The van der Waals surface area contributed by atoms with Gasteiger partial charge in [-0.05, 0) is 32.9 Å². The van der Waals surface area contributed by atoms with Crippen molar-refractivity contribution in [3.63, 3.8) is 0 Å². The molecule has 1 aromatic heterocycles. The maximum atomic E-state index is 5.09. The molecule has 0 spiro atoms. The van der Waals surface area contributed by atoms with Crippen LogP contribution in [0, 0.1) is 6.92 Å². The van der Waals surface area contributed by atoms with Crippen LogP contribution in [0.3, 0.4) is 0 Å². The van der Waals surface area contributed by atoms with Crippen LogP contribution < -0.4 is 5.32 Å². The number of methoxy groups -OCH3 is 1. The predicted molar refractivity (Wildman–Crippen MR) is 61.9 cm³/mol. The smallest absolute Gasteiger partial charge is 0.0613 e. The predicted octanol–water partition coefficient (Wildman–Crippen LogP) is 2.74. The third kappa shape index (κ3) is 3.40. The van der Waals surface area contributed by atoms with Gasteiger partial charge in [0.15, 0.2) is 0 Å². The maximum Gasteiger partial charge on any atom is 0.0613 e. The Labute approximate surface area is 90.3 Å². The minimum atomic E-state index is 0.400. The van der Waals surface area contributed by atoms with Gasteiger partial charge in [-0.1, -0.05) is 0 Å². The molecule has 1 heterocycles. The molecule has 2 atom stereocenters. The number of rotatable bonds is 5. The quantitative estimate of drug-likeness (QED) is 0.812. The van der Waals surface area contributed by atoms with Gasteiger partial charge in [-0.2, -0.15) is 0 Å². The summed E-state index contributed by atoms with van der Waals surface area (Å²) in [4.78, 5) is 2.76. The van der Waals surface area contributed by atoms with E-state index in [4.69, 9.17) is 4.74 Å². The monoisotopic (exact) mass is 213 g/mol. The van der Waals surface area contributed by atoms with Gasteiger partial charge in [0.25, 0.3) is 0 Å². The molecule has 3 heteroatoms. The first-order valence-corrected chi connectivity index (χ1v) is 5.76. The number of aryl methyl sites for hydroxylation is 1. The minimum Gasteiger partial charge on any atom is -0.383 e. The van der Waals surface area contributed by atoms with E-state index >= 15 is 0 Å². The van der Waals surface area contributed by atoms with Crippen LogP contribution in [-0.4, -0.2) is 19.8 Å². The van der Waals surface area contributed by atoms with E-state index in [0.29, 0.717) is 12.1 Å². The third-order valence-electron chi connectivity index (χ3n) is 2.14. The number of hydrogen-bond acceptors (Lipinski definition) is 3. The summed E-state index contributed by atoms with van der Waals surface area (Å²) in [5, 5.41) is 3.50. The second-order valence-electron chi connectivity index (χ2n) is 3.69. The first-order valence-electron chi connectivity index (χ1n) is 4.94. The van der Waals surface area contributed by atoms with Crippen LogP contribution in [0.5, 0.6) is 0 Å².